The van der Waals surface area contributed by atoms with Crippen molar-refractivity contribution in [3.8, 4) is 0 Å². The molecule has 0 spiro atoms. The number of amides is 2. The maximum absolute atomic E-state index is 12.5. The molecule has 0 saturated carbocycles. The summed E-state index contributed by atoms with van der Waals surface area (Å²) in [6, 6.07) is 19.3. The second kappa shape index (κ2) is 9.37. The molecule has 2 amide bonds. The summed E-state index contributed by atoms with van der Waals surface area (Å²) in [6.45, 7) is 2.78. The first-order valence-electron chi connectivity index (χ1n) is 10.1. The number of rotatable bonds is 6. The van der Waals surface area contributed by atoms with Gasteiger partial charge in [-0.25, -0.2) is 0 Å². The highest BCUT2D eigenvalue weighted by molar-refractivity contribution is 6.03. The van der Waals surface area contributed by atoms with Gasteiger partial charge in [0.25, 0.3) is 11.8 Å². The molecule has 0 bridgehead atoms. The predicted molar refractivity (Wildman–Crippen MR) is 113 cm³/mol. The predicted octanol–water partition coefficient (Wildman–Crippen LogP) is 3.32. The summed E-state index contributed by atoms with van der Waals surface area (Å²) >= 11 is 0. The molecule has 3 aromatic rings. The molecule has 1 aliphatic rings. The van der Waals surface area contributed by atoms with Crippen molar-refractivity contribution in [2.24, 2.45) is 0 Å². The SMILES string of the molecule is O=C(Nc1nc(C(=O)NC2CCN(Cc3ccccc3)CC2)co1)c1ccccc1. The van der Waals surface area contributed by atoms with Gasteiger partial charge in [0, 0.05) is 31.2 Å². The molecule has 0 atom stereocenters. The second-order valence-electron chi connectivity index (χ2n) is 7.37. The molecule has 1 saturated heterocycles. The van der Waals surface area contributed by atoms with E-state index >= 15 is 0 Å². The number of hydrogen-bond acceptors (Lipinski definition) is 5. The number of likely N-dealkylation sites (tertiary alicyclic amines) is 1. The number of carbonyl (C=O) groups is 2. The Balaban J connectivity index is 1.25. The van der Waals surface area contributed by atoms with Crippen molar-refractivity contribution in [1.82, 2.24) is 15.2 Å². The summed E-state index contributed by atoms with van der Waals surface area (Å²) in [5.41, 5.74) is 1.95. The van der Waals surface area contributed by atoms with Crippen LogP contribution < -0.4 is 10.6 Å². The van der Waals surface area contributed by atoms with Gasteiger partial charge in [-0.1, -0.05) is 48.5 Å². The summed E-state index contributed by atoms with van der Waals surface area (Å²) in [4.78, 5) is 31.1. The summed E-state index contributed by atoms with van der Waals surface area (Å²) in [5, 5.41) is 5.58. The third-order valence-corrected chi connectivity index (χ3v) is 5.17. The Hall–Kier alpha value is -3.45. The molecule has 2 N–H and O–H groups in total. The first-order chi connectivity index (χ1) is 14.7. The Morgan fingerprint density at radius 1 is 0.967 bits per heavy atom. The fourth-order valence-electron chi connectivity index (χ4n) is 3.53. The number of nitrogens with zero attached hydrogens (tertiary/aromatic N) is 2. The van der Waals surface area contributed by atoms with Crippen molar-refractivity contribution in [3.05, 3.63) is 83.7 Å². The maximum atomic E-state index is 12.5. The molecular formula is C23H24N4O3. The molecule has 0 radical (unpaired) electrons. The van der Waals surface area contributed by atoms with Crippen LogP contribution in [0.1, 0.15) is 39.3 Å². The van der Waals surface area contributed by atoms with Crippen LogP contribution in [0.5, 0.6) is 0 Å². The van der Waals surface area contributed by atoms with Gasteiger partial charge in [-0.2, -0.15) is 4.98 Å². The average Bonchev–Trinajstić information content (AvgIpc) is 3.25. The van der Waals surface area contributed by atoms with E-state index in [-0.39, 0.29) is 29.6 Å². The highest BCUT2D eigenvalue weighted by atomic mass is 16.4. The third-order valence-electron chi connectivity index (χ3n) is 5.17. The highest BCUT2D eigenvalue weighted by Gasteiger charge is 2.23. The van der Waals surface area contributed by atoms with E-state index in [9.17, 15) is 9.59 Å². The zero-order chi connectivity index (χ0) is 20.8. The van der Waals surface area contributed by atoms with Crippen molar-refractivity contribution < 1.29 is 14.0 Å². The van der Waals surface area contributed by atoms with Crippen molar-refractivity contribution in [3.63, 3.8) is 0 Å². The normalized spacial score (nSPS) is 14.9. The Bertz CT molecular complexity index is 980. The van der Waals surface area contributed by atoms with Crippen LogP contribution in [-0.4, -0.2) is 40.8 Å². The molecule has 1 fully saturated rings. The molecule has 30 heavy (non-hydrogen) atoms. The van der Waals surface area contributed by atoms with Crippen LogP contribution in [0.25, 0.3) is 0 Å². The number of aromatic nitrogens is 1. The van der Waals surface area contributed by atoms with E-state index in [0.717, 1.165) is 32.5 Å². The topological polar surface area (TPSA) is 87.5 Å². The van der Waals surface area contributed by atoms with Gasteiger partial charge in [0.1, 0.15) is 6.26 Å². The van der Waals surface area contributed by atoms with Crippen molar-refractivity contribution in [2.45, 2.75) is 25.4 Å². The Morgan fingerprint density at radius 2 is 1.63 bits per heavy atom. The van der Waals surface area contributed by atoms with Crippen LogP contribution in [0.2, 0.25) is 0 Å². The van der Waals surface area contributed by atoms with Gasteiger partial charge in [-0.15, -0.1) is 0 Å². The summed E-state index contributed by atoms with van der Waals surface area (Å²) in [6.07, 6.45) is 3.03. The number of carbonyl (C=O) groups excluding carboxylic acids is 2. The molecule has 1 aromatic heterocycles. The standard InChI is InChI=1S/C23H24N4O3/c28-21(18-9-5-2-6-10-18)26-23-25-20(16-30-23)22(29)24-19-11-13-27(14-12-19)15-17-7-3-1-4-8-17/h1-10,16,19H,11-15H2,(H,24,29)(H,25,26,28). The first kappa shape index (κ1) is 19.8. The smallest absolute Gasteiger partial charge is 0.302 e. The summed E-state index contributed by atoms with van der Waals surface area (Å²) < 4.78 is 5.24. The van der Waals surface area contributed by atoms with Crippen LogP contribution in [0.4, 0.5) is 6.01 Å². The van der Waals surface area contributed by atoms with Crippen molar-refractivity contribution >= 4 is 17.8 Å². The van der Waals surface area contributed by atoms with E-state index in [1.807, 2.05) is 12.1 Å². The quantitative estimate of drug-likeness (QED) is 0.658. The van der Waals surface area contributed by atoms with E-state index < -0.39 is 0 Å². The third kappa shape index (κ3) is 5.12. The number of piperidine rings is 1. The summed E-state index contributed by atoms with van der Waals surface area (Å²) in [7, 11) is 0. The van der Waals surface area contributed by atoms with Gasteiger partial charge >= 0.3 is 6.01 Å². The van der Waals surface area contributed by atoms with Crippen LogP contribution in [-0.2, 0) is 6.54 Å². The Kier molecular flexibility index (Phi) is 6.20. The molecule has 154 valence electrons. The lowest BCUT2D eigenvalue weighted by Crippen LogP contribution is -2.44. The van der Waals surface area contributed by atoms with Gasteiger partial charge in [0.2, 0.25) is 0 Å². The van der Waals surface area contributed by atoms with E-state index in [1.165, 1.54) is 11.8 Å². The van der Waals surface area contributed by atoms with Crippen molar-refractivity contribution in [1.29, 1.82) is 0 Å². The molecule has 2 aromatic carbocycles. The molecule has 0 aliphatic carbocycles. The molecule has 2 heterocycles. The zero-order valence-electron chi connectivity index (χ0n) is 16.6. The maximum Gasteiger partial charge on any atom is 0.302 e. The first-order valence-corrected chi connectivity index (χ1v) is 10.1. The van der Waals surface area contributed by atoms with E-state index in [0.29, 0.717) is 5.56 Å². The lowest BCUT2D eigenvalue weighted by Gasteiger charge is -2.32. The number of hydrogen-bond donors (Lipinski definition) is 2. The zero-order valence-corrected chi connectivity index (χ0v) is 16.6. The lowest BCUT2D eigenvalue weighted by molar-refractivity contribution is 0.0903. The highest BCUT2D eigenvalue weighted by Crippen LogP contribution is 2.15. The Labute approximate surface area is 175 Å². The van der Waals surface area contributed by atoms with Crippen LogP contribution in [0, 0.1) is 0 Å². The fraction of sp³-hybridized carbons (Fsp3) is 0.261. The molecule has 0 unspecified atom stereocenters. The minimum absolute atomic E-state index is 0.00619. The molecule has 1 aliphatic heterocycles. The van der Waals surface area contributed by atoms with E-state index in [2.05, 4.69) is 44.8 Å². The van der Waals surface area contributed by atoms with Crippen LogP contribution in [0.3, 0.4) is 0 Å². The van der Waals surface area contributed by atoms with E-state index in [1.54, 1.807) is 24.3 Å². The van der Waals surface area contributed by atoms with Gasteiger partial charge in [0.05, 0.1) is 0 Å². The largest absolute Gasteiger partial charge is 0.431 e. The molecule has 4 rings (SSSR count). The van der Waals surface area contributed by atoms with Crippen LogP contribution >= 0.6 is 0 Å². The van der Waals surface area contributed by atoms with E-state index in [4.69, 9.17) is 4.42 Å². The Morgan fingerprint density at radius 3 is 2.33 bits per heavy atom. The van der Waals surface area contributed by atoms with Crippen LogP contribution in [0.15, 0.2) is 71.3 Å². The second-order valence-corrected chi connectivity index (χ2v) is 7.37. The molecule has 7 heteroatoms. The van der Waals surface area contributed by atoms with Crippen molar-refractivity contribution in [2.75, 3.05) is 18.4 Å². The molecular weight excluding hydrogens is 380 g/mol. The minimum Gasteiger partial charge on any atom is -0.431 e. The lowest BCUT2D eigenvalue weighted by atomic mass is 10.0. The number of oxazole rings is 1. The number of benzene rings is 2. The summed E-state index contributed by atoms with van der Waals surface area (Å²) in [5.74, 6) is -0.629. The number of nitrogens with one attached hydrogen (secondary N) is 2. The number of anilines is 1. The van der Waals surface area contributed by atoms with Gasteiger partial charge in [-0.05, 0) is 30.5 Å². The monoisotopic (exact) mass is 404 g/mol. The van der Waals surface area contributed by atoms with Gasteiger partial charge in [0.15, 0.2) is 5.69 Å². The van der Waals surface area contributed by atoms with Gasteiger partial charge in [-0.3, -0.25) is 19.8 Å². The minimum atomic E-state index is -0.338. The fourth-order valence-corrected chi connectivity index (χ4v) is 3.53. The van der Waals surface area contributed by atoms with Gasteiger partial charge < -0.3 is 9.73 Å². The molecule has 7 nitrogen and oxygen atoms in total. The average molecular weight is 404 g/mol.